The molecule has 4 nitrogen and oxygen atoms in total. The van der Waals surface area contributed by atoms with Gasteiger partial charge >= 0.3 is 0 Å². The molecule has 0 radical (unpaired) electrons. The fraction of sp³-hybridized carbons (Fsp3) is 0.526. The summed E-state index contributed by atoms with van der Waals surface area (Å²) in [5, 5.41) is 9.13. The van der Waals surface area contributed by atoms with Gasteiger partial charge in [0.15, 0.2) is 0 Å². The number of thiazole rings is 1. The maximum absolute atomic E-state index is 9.13. The van der Waals surface area contributed by atoms with Crippen molar-refractivity contribution in [1.29, 1.82) is 0 Å². The fourth-order valence-corrected chi connectivity index (χ4v) is 4.14. The normalized spacial score (nSPS) is 18.2. The van der Waals surface area contributed by atoms with Gasteiger partial charge in [0.2, 0.25) is 0 Å². The highest BCUT2D eigenvalue weighted by Gasteiger charge is 2.27. The van der Waals surface area contributed by atoms with Gasteiger partial charge in [-0.05, 0) is 17.0 Å². The van der Waals surface area contributed by atoms with Gasteiger partial charge < -0.3 is 5.11 Å². The van der Waals surface area contributed by atoms with Crippen LogP contribution in [0.5, 0.6) is 0 Å². The minimum atomic E-state index is 0.245. The fourth-order valence-electron chi connectivity index (χ4n) is 3.37. The van der Waals surface area contributed by atoms with Crippen LogP contribution in [0.25, 0.3) is 0 Å². The Morgan fingerprint density at radius 1 is 1.08 bits per heavy atom. The van der Waals surface area contributed by atoms with Crippen LogP contribution in [0.4, 0.5) is 0 Å². The molecule has 0 bridgehead atoms. The molecule has 1 fully saturated rings. The summed E-state index contributed by atoms with van der Waals surface area (Å²) in [6, 6.07) is 9.36. The third-order valence-electron chi connectivity index (χ3n) is 4.83. The van der Waals surface area contributed by atoms with Gasteiger partial charge in [-0.1, -0.05) is 38.1 Å². The molecule has 1 aliphatic rings. The summed E-state index contributed by atoms with van der Waals surface area (Å²) in [4.78, 5) is 10.5. The van der Waals surface area contributed by atoms with Gasteiger partial charge in [0.1, 0.15) is 0 Å². The maximum atomic E-state index is 9.13. The molecule has 0 spiro atoms. The first-order valence-corrected chi connectivity index (χ1v) is 9.62. The molecule has 0 amide bonds. The summed E-state index contributed by atoms with van der Waals surface area (Å²) in [6.07, 6.45) is 2.01. The summed E-state index contributed by atoms with van der Waals surface area (Å²) >= 11 is 1.73. The quantitative estimate of drug-likeness (QED) is 0.874. The molecule has 130 valence electrons. The number of piperazine rings is 1. The van der Waals surface area contributed by atoms with Crippen LogP contribution in [0.1, 0.15) is 41.8 Å². The highest BCUT2D eigenvalue weighted by Crippen LogP contribution is 2.32. The van der Waals surface area contributed by atoms with E-state index in [0.717, 1.165) is 32.7 Å². The predicted molar refractivity (Wildman–Crippen MR) is 99.6 cm³/mol. The molecule has 1 aromatic carbocycles. The number of β-amino-alcohol motifs (C(OH)–C–C–N with tert-alkyl or cyclic N) is 1. The average molecular weight is 346 g/mol. The SMILES string of the molecule is CC(C)c1ccc([C@@H](c2cncs2)N2CCN(CCO)CC2)cc1. The standard InChI is InChI=1S/C19H27N3OS/c1-15(2)16-3-5-17(6-4-16)19(18-13-20-14-24-18)22-9-7-21(8-10-22)11-12-23/h3-6,13-15,19,23H,7-12H2,1-2H3/t19-/m0/s1. The molecule has 24 heavy (non-hydrogen) atoms. The minimum Gasteiger partial charge on any atom is -0.395 e. The minimum absolute atomic E-state index is 0.245. The summed E-state index contributed by atoms with van der Waals surface area (Å²) < 4.78 is 0. The van der Waals surface area contributed by atoms with E-state index in [1.165, 1.54) is 16.0 Å². The molecule has 3 rings (SSSR count). The number of nitrogens with zero attached hydrogens (tertiary/aromatic N) is 3. The van der Waals surface area contributed by atoms with Crippen molar-refractivity contribution in [2.24, 2.45) is 0 Å². The van der Waals surface area contributed by atoms with Gasteiger partial charge in [-0.2, -0.15) is 0 Å². The largest absolute Gasteiger partial charge is 0.395 e. The zero-order valence-electron chi connectivity index (χ0n) is 14.6. The van der Waals surface area contributed by atoms with E-state index in [2.05, 4.69) is 52.9 Å². The molecule has 1 atom stereocenters. The number of aromatic nitrogens is 1. The van der Waals surface area contributed by atoms with Crippen molar-refractivity contribution >= 4 is 11.3 Å². The first-order valence-electron chi connectivity index (χ1n) is 8.74. The summed E-state index contributed by atoms with van der Waals surface area (Å²) in [6.45, 7) is 9.56. The number of rotatable bonds is 6. The number of hydrogen-bond acceptors (Lipinski definition) is 5. The van der Waals surface area contributed by atoms with Gasteiger partial charge in [-0.15, -0.1) is 11.3 Å². The van der Waals surface area contributed by atoms with Crippen LogP contribution in [-0.4, -0.2) is 59.2 Å². The van der Waals surface area contributed by atoms with Crippen molar-refractivity contribution in [3.8, 4) is 0 Å². The molecule has 1 aromatic heterocycles. The van der Waals surface area contributed by atoms with Crippen LogP contribution in [0, 0.1) is 0 Å². The van der Waals surface area contributed by atoms with Gasteiger partial charge in [-0.25, -0.2) is 0 Å². The Labute approximate surface area is 148 Å². The van der Waals surface area contributed by atoms with Gasteiger partial charge in [0.05, 0.1) is 18.2 Å². The second kappa shape index (κ2) is 8.21. The smallest absolute Gasteiger partial charge is 0.0794 e. The van der Waals surface area contributed by atoms with Crippen LogP contribution >= 0.6 is 11.3 Å². The Kier molecular flexibility index (Phi) is 6.00. The third kappa shape index (κ3) is 4.03. The first kappa shape index (κ1) is 17.5. The van der Waals surface area contributed by atoms with Crippen LogP contribution in [0.2, 0.25) is 0 Å². The molecule has 2 heterocycles. The molecule has 0 unspecified atom stereocenters. The van der Waals surface area contributed by atoms with Crippen molar-refractivity contribution in [1.82, 2.24) is 14.8 Å². The van der Waals surface area contributed by atoms with Crippen molar-refractivity contribution < 1.29 is 5.11 Å². The van der Waals surface area contributed by atoms with E-state index in [1.807, 2.05) is 11.7 Å². The van der Waals surface area contributed by atoms with Gasteiger partial charge in [0.25, 0.3) is 0 Å². The van der Waals surface area contributed by atoms with E-state index in [-0.39, 0.29) is 12.6 Å². The Hall–Kier alpha value is -1.27. The molecule has 0 aliphatic carbocycles. The van der Waals surface area contributed by atoms with Crippen LogP contribution in [-0.2, 0) is 0 Å². The van der Waals surface area contributed by atoms with Crippen molar-refractivity contribution in [3.63, 3.8) is 0 Å². The zero-order chi connectivity index (χ0) is 16.9. The average Bonchev–Trinajstić information content (AvgIpc) is 3.11. The number of aliphatic hydroxyl groups excluding tert-OH is 1. The maximum Gasteiger partial charge on any atom is 0.0794 e. The van der Waals surface area contributed by atoms with E-state index >= 15 is 0 Å². The molecule has 1 saturated heterocycles. The topological polar surface area (TPSA) is 39.6 Å². The zero-order valence-corrected chi connectivity index (χ0v) is 15.4. The van der Waals surface area contributed by atoms with Crippen LogP contribution in [0.15, 0.2) is 36.0 Å². The second-order valence-corrected chi connectivity index (χ2v) is 7.65. The van der Waals surface area contributed by atoms with E-state index in [4.69, 9.17) is 5.11 Å². The molecular weight excluding hydrogens is 318 g/mol. The highest BCUT2D eigenvalue weighted by atomic mass is 32.1. The lowest BCUT2D eigenvalue weighted by molar-refractivity contribution is 0.0953. The second-order valence-electron chi connectivity index (χ2n) is 6.73. The summed E-state index contributed by atoms with van der Waals surface area (Å²) in [7, 11) is 0. The number of benzene rings is 1. The Balaban J connectivity index is 1.80. The van der Waals surface area contributed by atoms with E-state index < -0.39 is 0 Å². The lowest BCUT2D eigenvalue weighted by Gasteiger charge is -2.39. The molecule has 1 aliphatic heterocycles. The molecule has 2 aromatic rings. The van der Waals surface area contributed by atoms with E-state index in [0.29, 0.717) is 5.92 Å². The Morgan fingerprint density at radius 2 is 1.75 bits per heavy atom. The number of aliphatic hydroxyl groups is 1. The van der Waals surface area contributed by atoms with Crippen molar-refractivity contribution in [3.05, 3.63) is 52.0 Å². The predicted octanol–water partition coefficient (Wildman–Crippen LogP) is 2.97. The van der Waals surface area contributed by atoms with Crippen LogP contribution < -0.4 is 0 Å². The lowest BCUT2D eigenvalue weighted by atomic mass is 9.97. The molecular formula is C19H27N3OS. The lowest BCUT2D eigenvalue weighted by Crippen LogP contribution is -2.48. The highest BCUT2D eigenvalue weighted by molar-refractivity contribution is 7.09. The van der Waals surface area contributed by atoms with E-state index in [9.17, 15) is 0 Å². The Bertz CT molecular complexity index is 604. The van der Waals surface area contributed by atoms with Gasteiger partial charge in [0, 0.05) is 43.8 Å². The summed E-state index contributed by atoms with van der Waals surface area (Å²) in [5.74, 6) is 0.558. The van der Waals surface area contributed by atoms with Crippen molar-refractivity contribution in [2.75, 3.05) is 39.3 Å². The van der Waals surface area contributed by atoms with Gasteiger partial charge in [-0.3, -0.25) is 14.8 Å². The molecule has 1 N–H and O–H groups in total. The Morgan fingerprint density at radius 3 is 2.29 bits per heavy atom. The molecule has 5 heteroatoms. The van der Waals surface area contributed by atoms with E-state index in [1.54, 1.807) is 11.3 Å². The monoisotopic (exact) mass is 345 g/mol. The number of hydrogen-bond donors (Lipinski definition) is 1. The summed E-state index contributed by atoms with van der Waals surface area (Å²) in [5.41, 5.74) is 4.65. The first-order chi connectivity index (χ1) is 11.7. The third-order valence-corrected chi connectivity index (χ3v) is 5.66. The molecule has 0 saturated carbocycles. The van der Waals surface area contributed by atoms with Crippen LogP contribution in [0.3, 0.4) is 0 Å². The van der Waals surface area contributed by atoms with Crippen molar-refractivity contribution in [2.45, 2.75) is 25.8 Å².